The Labute approximate surface area is 189 Å². The number of halogens is 3. The Kier molecular flexibility index (Phi) is 5.94. The van der Waals surface area contributed by atoms with Gasteiger partial charge in [0.1, 0.15) is 12.1 Å². The lowest BCUT2D eigenvalue weighted by Crippen LogP contribution is -2.30. The maximum absolute atomic E-state index is 12.4. The van der Waals surface area contributed by atoms with Crippen LogP contribution in [0.1, 0.15) is 18.0 Å². The predicted octanol–water partition coefficient (Wildman–Crippen LogP) is 4.30. The number of rotatable bonds is 5. The summed E-state index contributed by atoms with van der Waals surface area (Å²) in [6.07, 6.45) is 1.53. The molecular weight excluding hydrogens is 497 g/mol. The first-order chi connectivity index (χ1) is 14.4. The van der Waals surface area contributed by atoms with Gasteiger partial charge in [0, 0.05) is 10.0 Å². The Balaban J connectivity index is 1.54. The molecule has 154 valence electrons. The van der Waals surface area contributed by atoms with Gasteiger partial charge in [0.15, 0.2) is 6.61 Å². The molecule has 2 amide bonds. The summed E-state index contributed by atoms with van der Waals surface area (Å²) in [4.78, 5) is 28.5. The minimum Gasteiger partial charge on any atom is -0.483 e. The van der Waals surface area contributed by atoms with Crippen molar-refractivity contribution in [3.63, 3.8) is 0 Å². The van der Waals surface area contributed by atoms with Crippen LogP contribution in [0.3, 0.4) is 0 Å². The Morgan fingerprint density at radius 1 is 1.33 bits per heavy atom. The number of carbonyl (C=O) groups excluding carboxylic acids is 2. The molecule has 2 N–H and O–H groups in total. The number of carbonyl (C=O) groups is 2. The Morgan fingerprint density at radius 3 is 3.00 bits per heavy atom. The number of ether oxygens (including phenoxy) is 1. The van der Waals surface area contributed by atoms with Crippen LogP contribution < -0.4 is 15.4 Å². The van der Waals surface area contributed by atoms with E-state index >= 15 is 0 Å². The second kappa shape index (κ2) is 8.63. The maximum Gasteiger partial charge on any atom is 0.262 e. The fourth-order valence-electron chi connectivity index (χ4n) is 3.09. The molecule has 1 aliphatic heterocycles. The van der Waals surface area contributed by atoms with Crippen LogP contribution in [0.4, 0.5) is 11.6 Å². The van der Waals surface area contributed by atoms with Crippen LogP contribution >= 0.6 is 39.1 Å². The van der Waals surface area contributed by atoms with Gasteiger partial charge >= 0.3 is 0 Å². The zero-order valence-corrected chi connectivity index (χ0v) is 18.3. The SMILES string of the molecule is O=C(COc1ccc(Br)cc1[C@@H]1CC(=O)Nc2ncnn21)Nc1cccc(Cl)c1Cl. The highest BCUT2D eigenvalue weighted by atomic mass is 79.9. The molecule has 0 fully saturated rings. The summed E-state index contributed by atoms with van der Waals surface area (Å²) < 4.78 is 8.19. The number of anilines is 2. The summed E-state index contributed by atoms with van der Waals surface area (Å²) >= 11 is 15.5. The van der Waals surface area contributed by atoms with Crippen molar-refractivity contribution < 1.29 is 14.3 Å². The summed E-state index contributed by atoms with van der Waals surface area (Å²) in [7, 11) is 0. The van der Waals surface area contributed by atoms with Crippen molar-refractivity contribution in [3.05, 3.63) is 62.8 Å². The van der Waals surface area contributed by atoms with E-state index in [0.29, 0.717) is 28.0 Å². The number of amides is 2. The number of benzene rings is 2. The number of hydrogen-bond donors (Lipinski definition) is 2. The molecule has 8 nitrogen and oxygen atoms in total. The molecule has 1 aliphatic rings. The Hall–Kier alpha value is -2.62. The largest absolute Gasteiger partial charge is 0.483 e. The smallest absolute Gasteiger partial charge is 0.262 e. The average Bonchev–Trinajstić information content (AvgIpc) is 3.18. The van der Waals surface area contributed by atoms with Gasteiger partial charge in [-0.05, 0) is 30.3 Å². The van der Waals surface area contributed by atoms with Crippen molar-refractivity contribution >= 4 is 62.6 Å². The number of nitrogens with one attached hydrogen (secondary N) is 2. The van der Waals surface area contributed by atoms with Crippen molar-refractivity contribution in [3.8, 4) is 5.75 Å². The number of nitrogens with zero attached hydrogens (tertiary/aromatic N) is 3. The molecule has 0 saturated carbocycles. The third kappa shape index (κ3) is 4.28. The first-order valence-corrected chi connectivity index (χ1v) is 10.3. The van der Waals surface area contributed by atoms with Gasteiger partial charge in [-0.25, -0.2) is 4.68 Å². The number of hydrogen-bond acceptors (Lipinski definition) is 5. The molecule has 0 bridgehead atoms. The number of fused-ring (bicyclic) bond motifs is 1. The normalized spacial score (nSPS) is 15.3. The second-order valence-corrected chi connectivity index (χ2v) is 8.12. The van der Waals surface area contributed by atoms with Gasteiger partial charge in [0.05, 0.1) is 28.2 Å². The highest BCUT2D eigenvalue weighted by Crippen LogP contribution is 2.36. The predicted molar refractivity (Wildman–Crippen MR) is 116 cm³/mol. The van der Waals surface area contributed by atoms with E-state index in [0.717, 1.165) is 4.47 Å². The molecule has 0 aliphatic carbocycles. The van der Waals surface area contributed by atoms with E-state index in [9.17, 15) is 9.59 Å². The third-order valence-corrected chi connectivity index (χ3v) is 5.73. The van der Waals surface area contributed by atoms with Gasteiger partial charge < -0.3 is 10.1 Å². The molecule has 4 rings (SSSR count). The van der Waals surface area contributed by atoms with Crippen LogP contribution in [-0.4, -0.2) is 33.2 Å². The summed E-state index contributed by atoms with van der Waals surface area (Å²) in [5.74, 6) is 0.220. The van der Waals surface area contributed by atoms with Crippen LogP contribution in [0, 0.1) is 0 Å². The van der Waals surface area contributed by atoms with Gasteiger partial charge in [0.2, 0.25) is 11.9 Å². The molecule has 11 heteroatoms. The summed E-state index contributed by atoms with van der Waals surface area (Å²) in [5.41, 5.74) is 1.09. The lowest BCUT2D eigenvalue weighted by molar-refractivity contribution is -0.118. The van der Waals surface area contributed by atoms with Gasteiger partial charge in [-0.3, -0.25) is 14.9 Å². The van der Waals surface area contributed by atoms with Crippen molar-refractivity contribution in [2.45, 2.75) is 12.5 Å². The quantitative estimate of drug-likeness (QED) is 0.533. The zero-order valence-electron chi connectivity index (χ0n) is 15.2. The van der Waals surface area contributed by atoms with Gasteiger partial charge in [0.25, 0.3) is 5.91 Å². The van der Waals surface area contributed by atoms with Gasteiger partial charge in [-0.15, -0.1) is 0 Å². The van der Waals surface area contributed by atoms with E-state index in [2.05, 4.69) is 36.6 Å². The lowest BCUT2D eigenvalue weighted by atomic mass is 10.0. The van der Waals surface area contributed by atoms with E-state index < -0.39 is 11.9 Å². The second-order valence-electron chi connectivity index (χ2n) is 6.42. The highest BCUT2D eigenvalue weighted by molar-refractivity contribution is 9.10. The Morgan fingerprint density at radius 2 is 2.17 bits per heavy atom. The van der Waals surface area contributed by atoms with E-state index in [4.69, 9.17) is 27.9 Å². The molecule has 1 atom stereocenters. The van der Waals surface area contributed by atoms with Crippen LogP contribution in [0.2, 0.25) is 10.0 Å². The standard InChI is InChI=1S/C19H14BrCl2N5O3/c20-10-4-5-15(30-8-17(29)25-13-3-1-2-12(21)18(13)22)11(6-10)14-7-16(28)26-19-23-9-24-27(14)19/h1-6,9,14H,7-8H2,(H,25,29)(H,23,24,26,28)/t14-/m0/s1. The van der Waals surface area contributed by atoms with Gasteiger partial charge in [-0.1, -0.05) is 45.2 Å². The molecule has 0 unspecified atom stereocenters. The van der Waals surface area contributed by atoms with E-state index in [1.807, 2.05) is 6.07 Å². The summed E-state index contributed by atoms with van der Waals surface area (Å²) in [6.45, 7) is -0.263. The van der Waals surface area contributed by atoms with Crippen LogP contribution in [-0.2, 0) is 9.59 Å². The fourth-order valence-corrected chi connectivity index (χ4v) is 3.81. The monoisotopic (exact) mass is 509 g/mol. The molecular formula is C19H14BrCl2N5O3. The minimum atomic E-state index is -0.422. The maximum atomic E-state index is 12.4. The van der Waals surface area contributed by atoms with Crippen molar-refractivity contribution in [2.24, 2.45) is 0 Å². The third-order valence-electron chi connectivity index (χ3n) is 4.41. The zero-order chi connectivity index (χ0) is 21.3. The van der Waals surface area contributed by atoms with Crippen molar-refractivity contribution in [1.82, 2.24) is 14.8 Å². The summed E-state index contributed by atoms with van der Waals surface area (Å²) in [6, 6.07) is 9.87. The highest BCUT2D eigenvalue weighted by Gasteiger charge is 2.30. The fraction of sp³-hybridized carbons (Fsp3) is 0.158. The summed E-state index contributed by atoms with van der Waals surface area (Å²) in [5, 5.41) is 10.1. The van der Waals surface area contributed by atoms with Crippen molar-refractivity contribution in [2.75, 3.05) is 17.2 Å². The average molecular weight is 511 g/mol. The molecule has 0 spiro atoms. The molecule has 0 saturated heterocycles. The van der Waals surface area contributed by atoms with Crippen LogP contribution in [0.5, 0.6) is 5.75 Å². The lowest BCUT2D eigenvalue weighted by Gasteiger charge is -2.25. The molecule has 0 radical (unpaired) electrons. The molecule has 30 heavy (non-hydrogen) atoms. The van der Waals surface area contributed by atoms with Gasteiger partial charge in [-0.2, -0.15) is 10.1 Å². The molecule has 2 heterocycles. The molecule has 3 aromatic rings. The first kappa shape index (κ1) is 20.6. The van der Waals surface area contributed by atoms with Crippen LogP contribution in [0.15, 0.2) is 47.2 Å². The first-order valence-electron chi connectivity index (χ1n) is 8.78. The minimum absolute atomic E-state index is 0.160. The van der Waals surface area contributed by atoms with Crippen molar-refractivity contribution in [1.29, 1.82) is 0 Å². The topological polar surface area (TPSA) is 98.1 Å². The Bertz CT molecular complexity index is 1140. The van der Waals surface area contributed by atoms with E-state index in [-0.39, 0.29) is 24.0 Å². The number of aromatic nitrogens is 3. The molecule has 2 aromatic carbocycles. The van der Waals surface area contributed by atoms with E-state index in [1.165, 1.54) is 6.33 Å². The molecule has 1 aromatic heterocycles. The van der Waals surface area contributed by atoms with Crippen LogP contribution in [0.25, 0.3) is 0 Å². The van der Waals surface area contributed by atoms with E-state index in [1.54, 1.807) is 35.0 Å².